The maximum absolute atomic E-state index is 13.1. The molecule has 0 rings (SSSR count). The summed E-state index contributed by atoms with van der Waals surface area (Å²) >= 11 is 0. The first kappa shape index (κ1) is 98.1. The summed E-state index contributed by atoms with van der Waals surface area (Å²) in [6.07, 6.45) is 63.1. The van der Waals surface area contributed by atoms with Crippen LogP contribution >= 0.6 is 15.6 Å². The van der Waals surface area contributed by atoms with Gasteiger partial charge in [-0.3, -0.25) is 37.3 Å². The highest BCUT2D eigenvalue weighted by Crippen LogP contribution is 2.45. The number of rotatable bonds is 80. The second-order valence-electron chi connectivity index (χ2n) is 30.1. The molecule has 0 amide bonds. The molecule has 0 bridgehead atoms. The van der Waals surface area contributed by atoms with Crippen LogP contribution in [0.5, 0.6) is 0 Å². The molecular formula is C81H158O17P2. The van der Waals surface area contributed by atoms with Gasteiger partial charge in [-0.1, -0.05) is 375 Å². The van der Waals surface area contributed by atoms with E-state index >= 15 is 0 Å². The van der Waals surface area contributed by atoms with Gasteiger partial charge in [-0.2, -0.15) is 0 Å². The summed E-state index contributed by atoms with van der Waals surface area (Å²) in [7, 11) is -9.91. The highest BCUT2D eigenvalue weighted by atomic mass is 31.2. The summed E-state index contributed by atoms with van der Waals surface area (Å²) < 4.78 is 68.4. The number of ether oxygens (including phenoxy) is 4. The minimum atomic E-state index is -4.96. The summed E-state index contributed by atoms with van der Waals surface area (Å²) in [5.41, 5.74) is 0. The number of carbonyl (C=O) groups is 4. The van der Waals surface area contributed by atoms with Gasteiger partial charge in [0.15, 0.2) is 12.2 Å². The molecule has 19 heteroatoms. The van der Waals surface area contributed by atoms with Gasteiger partial charge in [0.05, 0.1) is 26.4 Å². The number of carbonyl (C=O) groups excluding carboxylic acids is 4. The molecule has 17 nitrogen and oxygen atoms in total. The Morgan fingerprint density at radius 1 is 0.270 bits per heavy atom. The maximum atomic E-state index is 13.1. The average molecular weight is 1470 g/mol. The molecule has 594 valence electrons. The van der Waals surface area contributed by atoms with E-state index in [2.05, 4.69) is 41.5 Å². The monoisotopic (exact) mass is 1470 g/mol. The van der Waals surface area contributed by atoms with Crippen LogP contribution in [0.2, 0.25) is 0 Å². The highest BCUT2D eigenvalue weighted by Gasteiger charge is 2.30. The summed E-state index contributed by atoms with van der Waals surface area (Å²) in [5, 5.41) is 10.6. The first-order valence-electron chi connectivity index (χ1n) is 42.0. The van der Waals surface area contributed by atoms with Crippen LogP contribution in [0.4, 0.5) is 0 Å². The molecule has 0 aromatic carbocycles. The second-order valence-corrected chi connectivity index (χ2v) is 33.0. The van der Waals surface area contributed by atoms with Crippen LogP contribution < -0.4 is 0 Å². The molecule has 0 fully saturated rings. The van der Waals surface area contributed by atoms with E-state index in [1.807, 2.05) is 0 Å². The first-order chi connectivity index (χ1) is 48.4. The Bertz CT molecular complexity index is 1920. The van der Waals surface area contributed by atoms with E-state index in [0.717, 1.165) is 108 Å². The molecule has 0 aromatic heterocycles. The van der Waals surface area contributed by atoms with Gasteiger partial charge in [-0.25, -0.2) is 9.13 Å². The number of esters is 4. The number of phosphoric ester groups is 2. The predicted octanol–water partition coefficient (Wildman–Crippen LogP) is 24.3. The van der Waals surface area contributed by atoms with Crippen LogP contribution in [0.15, 0.2) is 0 Å². The van der Waals surface area contributed by atoms with Crippen molar-refractivity contribution >= 4 is 39.5 Å². The Kier molecular flexibility index (Phi) is 71.2. The van der Waals surface area contributed by atoms with E-state index in [-0.39, 0.29) is 25.7 Å². The largest absolute Gasteiger partial charge is 0.472 e. The highest BCUT2D eigenvalue weighted by molar-refractivity contribution is 7.47. The number of hydrogen-bond acceptors (Lipinski definition) is 15. The van der Waals surface area contributed by atoms with Crippen molar-refractivity contribution in [1.82, 2.24) is 0 Å². The molecule has 0 spiro atoms. The van der Waals surface area contributed by atoms with Crippen LogP contribution in [-0.4, -0.2) is 96.7 Å². The van der Waals surface area contributed by atoms with E-state index in [1.54, 1.807) is 0 Å². The Balaban J connectivity index is 5.10. The van der Waals surface area contributed by atoms with E-state index in [0.29, 0.717) is 25.7 Å². The van der Waals surface area contributed by atoms with Crippen LogP contribution in [0.1, 0.15) is 427 Å². The van der Waals surface area contributed by atoms with E-state index in [9.17, 15) is 43.2 Å². The van der Waals surface area contributed by atoms with Crippen molar-refractivity contribution in [3.63, 3.8) is 0 Å². The van der Waals surface area contributed by atoms with E-state index in [1.165, 1.54) is 238 Å². The zero-order valence-electron chi connectivity index (χ0n) is 65.5. The van der Waals surface area contributed by atoms with Gasteiger partial charge >= 0.3 is 39.5 Å². The zero-order valence-corrected chi connectivity index (χ0v) is 67.3. The standard InChI is InChI=1S/C81H158O17P2/c1-7-9-11-13-14-15-16-17-18-19-20-21-22-26-29-32-35-41-46-52-58-64-79(84)92-70-77(98-81(86)65-59-53-47-42-36-33-30-27-24-23-25-28-31-34-39-44-50-55-61-73(3)4)72-96-100(89,90)94-68-75(82)67-93-99(87,88)95-71-76(69-91-78(83)63-57-49-12-10-8-2)97-80(85)66-60-54-48-43-38-37-40-45-51-56-62-74(5)6/h73-77,82H,7-72H2,1-6H3,(H,87,88)(H,89,90)/t75-,76+,77+/m0/s1. The molecule has 0 aliphatic rings. The molecule has 0 heterocycles. The fraction of sp³-hybridized carbons (Fsp3) is 0.951. The normalized spacial score (nSPS) is 13.9. The van der Waals surface area contributed by atoms with Crippen molar-refractivity contribution in [2.24, 2.45) is 11.8 Å². The summed E-state index contributed by atoms with van der Waals surface area (Å²) in [6, 6.07) is 0. The van der Waals surface area contributed by atoms with Gasteiger partial charge in [0, 0.05) is 25.7 Å². The van der Waals surface area contributed by atoms with Crippen LogP contribution in [0, 0.1) is 11.8 Å². The molecule has 0 aromatic rings. The summed E-state index contributed by atoms with van der Waals surface area (Å²) in [6.45, 7) is 9.56. The molecule has 0 aliphatic carbocycles. The van der Waals surface area contributed by atoms with Crippen molar-refractivity contribution in [3.8, 4) is 0 Å². The lowest BCUT2D eigenvalue weighted by molar-refractivity contribution is -0.161. The average Bonchev–Trinajstić information content (AvgIpc) is 0.947. The Hall–Kier alpha value is -1.94. The van der Waals surface area contributed by atoms with Crippen LogP contribution in [-0.2, 0) is 65.4 Å². The molecule has 0 aliphatic heterocycles. The molecular weight excluding hydrogens is 1310 g/mol. The van der Waals surface area contributed by atoms with Gasteiger partial charge in [0.25, 0.3) is 0 Å². The molecule has 0 saturated heterocycles. The number of aliphatic hydroxyl groups excluding tert-OH is 1. The fourth-order valence-electron chi connectivity index (χ4n) is 12.5. The smallest absolute Gasteiger partial charge is 0.462 e. The number of aliphatic hydroxyl groups is 1. The third kappa shape index (κ3) is 74.3. The molecule has 5 atom stereocenters. The molecule has 0 radical (unpaired) electrons. The summed E-state index contributed by atoms with van der Waals surface area (Å²) in [5.74, 6) is -0.550. The molecule has 0 saturated carbocycles. The maximum Gasteiger partial charge on any atom is 0.472 e. The zero-order chi connectivity index (χ0) is 73.5. The van der Waals surface area contributed by atoms with Gasteiger partial charge in [0.2, 0.25) is 0 Å². The van der Waals surface area contributed by atoms with E-state index < -0.39 is 97.5 Å². The van der Waals surface area contributed by atoms with Crippen LogP contribution in [0.3, 0.4) is 0 Å². The Morgan fingerprint density at radius 2 is 0.460 bits per heavy atom. The van der Waals surface area contributed by atoms with Gasteiger partial charge < -0.3 is 33.8 Å². The topological polar surface area (TPSA) is 237 Å². The van der Waals surface area contributed by atoms with Crippen molar-refractivity contribution in [1.29, 1.82) is 0 Å². The predicted molar refractivity (Wildman–Crippen MR) is 409 cm³/mol. The molecule has 100 heavy (non-hydrogen) atoms. The lowest BCUT2D eigenvalue weighted by Gasteiger charge is -2.21. The fourth-order valence-corrected chi connectivity index (χ4v) is 14.1. The van der Waals surface area contributed by atoms with Crippen molar-refractivity contribution < 1.29 is 80.2 Å². The minimum Gasteiger partial charge on any atom is -0.462 e. The van der Waals surface area contributed by atoms with Crippen LogP contribution in [0.25, 0.3) is 0 Å². The lowest BCUT2D eigenvalue weighted by Crippen LogP contribution is -2.30. The molecule has 2 unspecified atom stereocenters. The SMILES string of the molecule is CCCCCCCCCCCCCCCCCCCCCCCC(=O)OC[C@H](COP(=O)(O)OC[C@@H](O)COP(=O)(O)OC[C@@H](COC(=O)CCCCCCC)OC(=O)CCCCCCCCCCCCC(C)C)OC(=O)CCCCCCCCCCCCCCCCCCCCC(C)C. The Morgan fingerprint density at radius 3 is 0.680 bits per heavy atom. The third-order valence-electron chi connectivity index (χ3n) is 19.0. The lowest BCUT2D eigenvalue weighted by atomic mass is 10.0. The summed E-state index contributed by atoms with van der Waals surface area (Å²) in [4.78, 5) is 72.7. The Labute approximate surface area is 613 Å². The van der Waals surface area contributed by atoms with E-state index in [4.69, 9.17) is 37.0 Å². The minimum absolute atomic E-state index is 0.105. The van der Waals surface area contributed by atoms with Gasteiger partial charge in [-0.15, -0.1) is 0 Å². The third-order valence-corrected chi connectivity index (χ3v) is 20.9. The number of unbranched alkanes of at least 4 members (excludes halogenated alkanes) is 50. The molecule has 3 N–H and O–H groups in total. The quantitative estimate of drug-likeness (QED) is 0.0222. The van der Waals surface area contributed by atoms with Crippen molar-refractivity contribution in [3.05, 3.63) is 0 Å². The first-order valence-corrected chi connectivity index (χ1v) is 45.0. The number of hydrogen-bond donors (Lipinski definition) is 3. The van der Waals surface area contributed by atoms with Crippen molar-refractivity contribution in [2.75, 3.05) is 39.6 Å². The van der Waals surface area contributed by atoms with Gasteiger partial charge in [0.1, 0.15) is 19.3 Å². The van der Waals surface area contributed by atoms with Gasteiger partial charge in [-0.05, 0) is 37.5 Å². The van der Waals surface area contributed by atoms with Crippen molar-refractivity contribution in [2.45, 2.75) is 445 Å². The number of phosphoric acid groups is 2. The second kappa shape index (κ2) is 72.6.